The van der Waals surface area contributed by atoms with E-state index in [1.807, 2.05) is 49.3 Å². The van der Waals surface area contributed by atoms with Crippen molar-refractivity contribution in [1.29, 1.82) is 0 Å². The van der Waals surface area contributed by atoms with Gasteiger partial charge in [-0.1, -0.05) is 18.2 Å². The molecule has 1 aromatic rings. The van der Waals surface area contributed by atoms with Crippen LogP contribution in [0.2, 0.25) is 0 Å². The summed E-state index contributed by atoms with van der Waals surface area (Å²) >= 11 is 0. The van der Waals surface area contributed by atoms with Crippen LogP contribution >= 0.6 is 0 Å². The second-order valence-corrected chi connectivity index (χ2v) is 8.24. The summed E-state index contributed by atoms with van der Waals surface area (Å²) in [7, 11) is 0.547. The first-order valence-corrected chi connectivity index (χ1v) is 9.59. The zero-order chi connectivity index (χ0) is 16.4. The molecular formula is C16H24N2O4S. The molecule has 2 fully saturated rings. The molecule has 1 saturated heterocycles. The first kappa shape index (κ1) is 16.7. The van der Waals surface area contributed by atoms with E-state index in [1.165, 1.54) is 0 Å². The smallest absolute Gasteiger partial charge is 0.215 e. The van der Waals surface area contributed by atoms with Crippen LogP contribution in [0.25, 0.3) is 0 Å². The van der Waals surface area contributed by atoms with Crippen LogP contribution in [0.3, 0.4) is 0 Å². The summed E-state index contributed by atoms with van der Waals surface area (Å²) in [5.41, 5.74) is 0. The molecule has 1 aliphatic carbocycles. The number of rotatable bonds is 7. The molecular weight excluding hydrogens is 316 g/mol. The fourth-order valence-corrected chi connectivity index (χ4v) is 4.65. The van der Waals surface area contributed by atoms with Crippen LogP contribution in [-0.2, 0) is 14.8 Å². The van der Waals surface area contributed by atoms with E-state index in [0.717, 1.165) is 13.0 Å². The SMILES string of the molecule is CN(C)[C@@H]1[C@@H](NS(=O)(=O)CCOc2ccccc2)[C@H]2CCO[C@H]21. The van der Waals surface area contributed by atoms with Crippen molar-refractivity contribution in [1.82, 2.24) is 9.62 Å². The van der Waals surface area contributed by atoms with Gasteiger partial charge in [0.25, 0.3) is 0 Å². The minimum atomic E-state index is -3.37. The molecule has 1 aromatic carbocycles. The Morgan fingerprint density at radius 3 is 2.74 bits per heavy atom. The minimum Gasteiger partial charge on any atom is -0.492 e. The van der Waals surface area contributed by atoms with E-state index in [4.69, 9.17) is 9.47 Å². The zero-order valence-electron chi connectivity index (χ0n) is 13.5. The molecule has 3 rings (SSSR count). The fraction of sp³-hybridized carbons (Fsp3) is 0.625. The molecule has 0 bridgehead atoms. The van der Waals surface area contributed by atoms with Crippen molar-refractivity contribution >= 4 is 10.0 Å². The Morgan fingerprint density at radius 1 is 1.30 bits per heavy atom. The largest absolute Gasteiger partial charge is 0.492 e. The number of hydrogen-bond donors (Lipinski definition) is 1. The van der Waals surface area contributed by atoms with Gasteiger partial charge < -0.3 is 14.4 Å². The Kier molecular flexibility index (Phi) is 4.91. The van der Waals surface area contributed by atoms with Gasteiger partial charge in [-0.3, -0.25) is 0 Å². The Balaban J connectivity index is 1.53. The number of ether oxygens (including phenoxy) is 2. The van der Waals surface area contributed by atoms with Crippen molar-refractivity contribution in [2.45, 2.75) is 24.6 Å². The highest BCUT2D eigenvalue weighted by Crippen LogP contribution is 2.41. The summed E-state index contributed by atoms with van der Waals surface area (Å²) in [5.74, 6) is 0.922. The lowest BCUT2D eigenvalue weighted by molar-refractivity contribution is -0.0626. The molecule has 7 heteroatoms. The van der Waals surface area contributed by atoms with E-state index >= 15 is 0 Å². The zero-order valence-corrected chi connectivity index (χ0v) is 14.3. The highest BCUT2D eigenvalue weighted by molar-refractivity contribution is 7.89. The van der Waals surface area contributed by atoms with Crippen LogP contribution in [0.15, 0.2) is 30.3 Å². The van der Waals surface area contributed by atoms with E-state index in [-0.39, 0.29) is 36.5 Å². The van der Waals surface area contributed by atoms with Crippen LogP contribution in [0.1, 0.15) is 6.42 Å². The topological polar surface area (TPSA) is 67.9 Å². The van der Waals surface area contributed by atoms with E-state index in [9.17, 15) is 8.42 Å². The molecule has 1 heterocycles. The average molecular weight is 340 g/mol. The first-order chi connectivity index (χ1) is 11.0. The lowest BCUT2D eigenvalue weighted by Crippen LogP contribution is -2.69. The summed E-state index contributed by atoms with van der Waals surface area (Å²) in [6.07, 6.45) is 1.07. The summed E-state index contributed by atoms with van der Waals surface area (Å²) in [5, 5.41) is 0. The standard InChI is InChI=1S/C16H24N2O4S/c1-18(2)15-14(13-8-9-22-16(13)15)17-23(19,20)11-10-21-12-6-4-3-5-7-12/h3-7,13-17H,8-11H2,1-2H3/t13-,14+,15-,16-/m1/s1. The van der Waals surface area contributed by atoms with Gasteiger partial charge in [0.15, 0.2) is 0 Å². The highest BCUT2D eigenvalue weighted by atomic mass is 32.2. The van der Waals surface area contributed by atoms with Crippen molar-refractivity contribution in [3.05, 3.63) is 30.3 Å². The van der Waals surface area contributed by atoms with E-state index < -0.39 is 10.0 Å². The van der Waals surface area contributed by atoms with Crippen LogP contribution in [0.5, 0.6) is 5.75 Å². The van der Waals surface area contributed by atoms with Crippen molar-refractivity contribution in [2.75, 3.05) is 33.1 Å². The Morgan fingerprint density at radius 2 is 2.04 bits per heavy atom. The van der Waals surface area contributed by atoms with Crippen LogP contribution < -0.4 is 9.46 Å². The van der Waals surface area contributed by atoms with Gasteiger partial charge in [-0.2, -0.15) is 0 Å². The molecule has 0 amide bonds. The van der Waals surface area contributed by atoms with Crippen molar-refractivity contribution < 1.29 is 17.9 Å². The lowest BCUT2D eigenvalue weighted by atomic mass is 9.71. The van der Waals surface area contributed by atoms with Gasteiger partial charge in [0.1, 0.15) is 12.4 Å². The number of nitrogens with one attached hydrogen (secondary N) is 1. The van der Waals surface area contributed by atoms with Gasteiger partial charge in [-0.15, -0.1) is 0 Å². The van der Waals surface area contributed by atoms with Gasteiger partial charge in [0, 0.05) is 18.6 Å². The second-order valence-electron chi connectivity index (χ2n) is 6.37. The minimum absolute atomic E-state index is 0.0449. The maximum absolute atomic E-state index is 12.3. The summed E-state index contributed by atoms with van der Waals surface area (Å²) < 4.78 is 38.7. The number of fused-ring (bicyclic) bond motifs is 1. The number of nitrogens with zero attached hydrogens (tertiary/aromatic N) is 1. The van der Waals surface area contributed by atoms with E-state index in [2.05, 4.69) is 4.72 Å². The Bertz CT molecular complexity index is 620. The molecule has 1 saturated carbocycles. The number of benzene rings is 1. The quantitative estimate of drug-likeness (QED) is 0.791. The van der Waals surface area contributed by atoms with Gasteiger partial charge in [0.05, 0.1) is 17.9 Å². The Hall–Kier alpha value is -1.15. The third kappa shape index (κ3) is 3.68. The van der Waals surface area contributed by atoms with E-state index in [1.54, 1.807) is 0 Å². The molecule has 0 aromatic heterocycles. The summed E-state index contributed by atoms with van der Waals surface area (Å²) in [4.78, 5) is 2.04. The third-order valence-corrected chi connectivity index (χ3v) is 5.96. The second kappa shape index (κ2) is 6.76. The molecule has 2 aliphatic rings. The maximum Gasteiger partial charge on any atom is 0.215 e. The van der Waals surface area contributed by atoms with Crippen LogP contribution in [0, 0.1) is 5.92 Å². The molecule has 0 unspecified atom stereocenters. The monoisotopic (exact) mass is 340 g/mol. The van der Waals surface area contributed by atoms with Gasteiger partial charge in [0.2, 0.25) is 10.0 Å². The lowest BCUT2D eigenvalue weighted by Gasteiger charge is -2.50. The van der Waals surface area contributed by atoms with Crippen molar-refractivity contribution in [3.8, 4) is 5.75 Å². The van der Waals surface area contributed by atoms with Gasteiger partial charge >= 0.3 is 0 Å². The van der Waals surface area contributed by atoms with Gasteiger partial charge in [-0.05, 0) is 32.6 Å². The van der Waals surface area contributed by atoms with Crippen LogP contribution in [-0.4, -0.2) is 64.6 Å². The average Bonchev–Trinajstić information content (AvgIpc) is 2.89. The van der Waals surface area contributed by atoms with E-state index in [0.29, 0.717) is 5.75 Å². The summed E-state index contributed by atoms with van der Waals surface area (Å²) in [6, 6.07) is 9.27. The molecule has 23 heavy (non-hydrogen) atoms. The molecule has 6 nitrogen and oxygen atoms in total. The molecule has 0 radical (unpaired) electrons. The molecule has 1 N–H and O–H groups in total. The molecule has 1 aliphatic heterocycles. The number of sulfonamides is 1. The Labute approximate surface area is 137 Å². The maximum atomic E-state index is 12.3. The van der Waals surface area contributed by atoms with Crippen molar-refractivity contribution in [3.63, 3.8) is 0 Å². The normalized spacial score (nSPS) is 30.0. The molecule has 128 valence electrons. The number of likely N-dealkylation sites (N-methyl/N-ethyl adjacent to an activating group) is 1. The number of hydrogen-bond acceptors (Lipinski definition) is 5. The molecule has 0 spiro atoms. The highest BCUT2D eigenvalue weighted by Gasteiger charge is 2.55. The fourth-order valence-electron chi connectivity index (χ4n) is 3.50. The predicted molar refractivity (Wildman–Crippen MR) is 88.0 cm³/mol. The molecule has 4 atom stereocenters. The summed E-state index contributed by atoms with van der Waals surface area (Å²) in [6.45, 7) is 0.859. The van der Waals surface area contributed by atoms with Crippen molar-refractivity contribution in [2.24, 2.45) is 5.92 Å². The third-order valence-electron chi connectivity index (χ3n) is 4.63. The first-order valence-electron chi connectivity index (χ1n) is 7.94. The van der Waals surface area contributed by atoms with Crippen LogP contribution in [0.4, 0.5) is 0 Å². The number of para-hydroxylation sites is 1. The predicted octanol–water partition coefficient (Wildman–Crippen LogP) is 0.702. The van der Waals surface area contributed by atoms with Gasteiger partial charge in [-0.25, -0.2) is 13.1 Å².